The van der Waals surface area contributed by atoms with Crippen LogP contribution in [0.25, 0.3) is 11.1 Å². The SMILES string of the molecule is COC(=O)C1CCN(CC[C@@H](NC(=O)OC(C)(C)C)c2ccc(-c3c[nH]c(=O)c(F)c3)cc2)CC1. The molecule has 1 aromatic carbocycles. The van der Waals surface area contributed by atoms with Gasteiger partial charge in [0.05, 0.1) is 19.1 Å². The van der Waals surface area contributed by atoms with Crippen molar-refractivity contribution in [1.82, 2.24) is 15.2 Å². The van der Waals surface area contributed by atoms with Crippen molar-refractivity contribution in [2.45, 2.75) is 51.7 Å². The van der Waals surface area contributed by atoms with Crippen LogP contribution in [-0.4, -0.2) is 54.3 Å². The van der Waals surface area contributed by atoms with Crippen molar-refractivity contribution < 1.29 is 23.5 Å². The van der Waals surface area contributed by atoms with Gasteiger partial charge in [-0.1, -0.05) is 24.3 Å². The Morgan fingerprint density at radius 1 is 1.17 bits per heavy atom. The fourth-order valence-electron chi connectivity index (χ4n) is 4.17. The number of nitrogens with zero attached hydrogens (tertiary/aromatic N) is 1. The molecule has 2 heterocycles. The van der Waals surface area contributed by atoms with Crippen molar-refractivity contribution in [3.63, 3.8) is 0 Å². The third-order valence-electron chi connectivity index (χ3n) is 6.05. The molecule has 0 bridgehead atoms. The van der Waals surface area contributed by atoms with Crippen molar-refractivity contribution in [1.29, 1.82) is 0 Å². The first kappa shape index (κ1) is 26.4. The van der Waals surface area contributed by atoms with Crippen LogP contribution < -0.4 is 10.9 Å². The lowest BCUT2D eigenvalue weighted by molar-refractivity contribution is -0.147. The van der Waals surface area contributed by atoms with Crippen molar-refractivity contribution in [2.24, 2.45) is 5.92 Å². The molecule has 1 aromatic heterocycles. The van der Waals surface area contributed by atoms with Crippen LogP contribution in [0.3, 0.4) is 0 Å². The van der Waals surface area contributed by atoms with Crippen LogP contribution >= 0.6 is 0 Å². The Balaban J connectivity index is 1.70. The maximum Gasteiger partial charge on any atom is 0.408 e. The summed E-state index contributed by atoms with van der Waals surface area (Å²) in [5.41, 5.74) is 0.794. The number of likely N-dealkylation sites (tertiary alicyclic amines) is 1. The van der Waals surface area contributed by atoms with E-state index in [1.54, 1.807) is 0 Å². The van der Waals surface area contributed by atoms with Crippen molar-refractivity contribution in [3.8, 4) is 11.1 Å². The molecule has 0 aliphatic carbocycles. The van der Waals surface area contributed by atoms with Gasteiger partial charge in [-0.15, -0.1) is 0 Å². The average molecular weight is 488 g/mol. The molecule has 8 nitrogen and oxygen atoms in total. The lowest BCUT2D eigenvalue weighted by Crippen LogP contribution is -2.40. The third-order valence-corrected chi connectivity index (χ3v) is 6.05. The number of benzene rings is 1. The summed E-state index contributed by atoms with van der Waals surface area (Å²) in [5, 5.41) is 2.97. The lowest BCUT2D eigenvalue weighted by atomic mass is 9.96. The molecule has 1 aliphatic rings. The summed E-state index contributed by atoms with van der Waals surface area (Å²) < 4.78 is 24.0. The molecule has 2 N–H and O–H groups in total. The number of pyridine rings is 1. The van der Waals surface area contributed by atoms with Gasteiger partial charge < -0.3 is 24.7 Å². The molecule has 3 rings (SSSR count). The number of aromatic nitrogens is 1. The highest BCUT2D eigenvalue weighted by Crippen LogP contribution is 2.25. The molecule has 1 fully saturated rings. The molecule has 1 saturated heterocycles. The van der Waals surface area contributed by atoms with Gasteiger partial charge in [-0.2, -0.15) is 0 Å². The summed E-state index contributed by atoms with van der Waals surface area (Å²) in [6.45, 7) is 7.74. The van der Waals surface area contributed by atoms with Gasteiger partial charge >= 0.3 is 12.1 Å². The number of esters is 1. The third kappa shape index (κ3) is 7.65. The number of amides is 1. The quantitative estimate of drug-likeness (QED) is 0.572. The molecule has 190 valence electrons. The number of carbonyl (C=O) groups is 2. The molecule has 2 aromatic rings. The monoisotopic (exact) mass is 487 g/mol. The summed E-state index contributed by atoms with van der Waals surface area (Å²) in [4.78, 5) is 40.3. The van der Waals surface area contributed by atoms with Gasteiger partial charge in [-0.25, -0.2) is 9.18 Å². The van der Waals surface area contributed by atoms with Crippen LogP contribution in [0.1, 0.15) is 51.6 Å². The van der Waals surface area contributed by atoms with Gasteiger partial charge in [-0.3, -0.25) is 9.59 Å². The van der Waals surface area contributed by atoms with Gasteiger partial charge in [0, 0.05) is 18.3 Å². The number of ether oxygens (including phenoxy) is 2. The number of nitrogens with one attached hydrogen (secondary N) is 2. The average Bonchev–Trinajstić information content (AvgIpc) is 2.82. The van der Waals surface area contributed by atoms with Crippen molar-refractivity contribution >= 4 is 12.1 Å². The number of methoxy groups -OCH3 is 1. The Kier molecular flexibility index (Phi) is 8.67. The Hall–Kier alpha value is -3.20. The molecule has 1 aliphatic heterocycles. The summed E-state index contributed by atoms with van der Waals surface area (Å²) in [6, 6.07) is 8.31. The first-order valence-electron chi connectivity index (χ1n) is 11.8. The van der Waals surface area contributed by atoms with E-state index in [-0.39, 0.29) is 17.9 Å². The summed E-state index contributed by atoms with van der Waals surface area (Å²) >= 11 is 0. The minimum absolute atomic E-state index is 0.0581. The second kappa shape index (κ2) is 11.5. The first-order valence-corrected chi connectivity index (χ1v) is 11.8. The molecular formula is C26H34FN3O5. The fourth-order valence-corrected chi connectivity index (χ4v) is 4.17. The zero-order valence-electron chi connectivity index (χ0n) is 20.7. The highest BCUT2D eigenvalue weighted by molar-refractivity contribution is 5.72. The van der Waals surface area contributed by atoms with Crippen molar-refractivity contribution in [2.75, 3.05) is 26.7 Å². The van der Waals surface area contributed by atoms with E-state index in [1.807, 2.05) is 45.0 Å². The zero-order valence-corrected chi connectivity index (χ0v) is 20.7. The highest BCUT2D eigenvalue weighted by atomic mass is 19.1. The maximum absolute atomic E-state index is 13.7. The molecule has 0 saturated carbocycles. The van der Waals surface area contributed by atoms with E-state index in [2.05, 4.69) is 15.2 Å². The van der Waals surface area contributed by atoms with Crippen molar-refractivity contribution in [3.05, 3.63) is 58.3 Å². The Bertz CT molecular complexity index is 1070. The zero-order chi connectivity index (χ0) is 25.6. The number of H-pyrrole nitrogens is 1. The highest BCUT2D eigenvalue weighted by Gasteiger charge is 2.27. The minimum Gasteiger partial charge on any atom is -0.469 e. The van der Waals surface area contributed by atoms with Crippen LogP contribution in [-0.2, 0) is 14.3 Å². The van der Waals surface area contributed by atoms with Gasteiger partial charge in [0.25, 0.3) is 5.56 Å². The van der Waals surface area contributed by atoms with E-state index in [0.717, 1.165) is 43.6 Å². The Morgan fingerprint density at radius 3 is 2.40 bits per heavy atom. The molecular weight excluding hydrogens is 453 g/mol. The van der Waals surface area contributed by atoms with E-state index >= 15 is 0 Å². The van der Waals surface area contributed by atoms with Gasteiger partial charge in [0.15, 0.2) is 5.82 Å². The second-order valence-corrected chi connectivity index (χ2v) is 9.81. The topological polar surface area (TPSA) is 101 Å². The molecule has 35 heavy (non-hydrogen) atoms. The number of rotatable bonds is 7. The van der Waals surface area contributed by atoms with E-state index < -0.39 is 23.1 Å². The van der Waals surface area contributed by atoms with Gasteiger partial charge in [0.2, 0.25) is 0 Å². The van der Waals surface area contributed by atoms with Crippen LogP contribution in [0.2, 0.25) is 0 Å². The van der Waals surface area contributed by atoms with Gasteiger partial charge in [-0.05, 0) is 70.3 Å². The fraction of sp³-hybridized carbons (Fsp3) is 0.500. The number of piperidine rings is 1. The number of hydrogen-bond donors (Lipinski definition) is 2. The first-order chi connectivity index (χ1) is 16.6. The Labute approximate surface area is 204 Å². The summed E-state index contributed by atoms with van der Waals surface area (Å²) in [6.07, 6.45) is 3.12. The maximum atomic E-state index is 13.7. The minimum atomic E-state index is -0.841. The van der Waals surface area contributed by atoms with Crippen LogP contribution in [0.15, 0.2) is 41.3 Å². The summed E-state index contributed by atoms with van der Waals surface area (Å²) in [7, 11) is 1.42. The molecule has 1 atom stereocenters. The predicted octanol–water partition coefficient (Wildman–Crippen LogP) is 4.02. The number of hydrogen-bond acceptors (Lipinski definition) is 6. The summed E-state index contributed by atoms with van der Waals surface area (Å²) in [5.74, 6) is -1.05. The Morgan fingerprint density at radius 2 is 1.83 bits per heavy atom. The standard InChI is InChI=1S/C26H34FN3O5/c1-26(2,3)35-25(33)29-22(11-14-30-12-9-19(10-13-30)24(32)34-4)18-7-5-17(6-8-18)20-15-21(27)23(31)28-16-20/h5-8,15-16,19,22H,9-14H2,1-4H3,(H,28,31)(H,29,33)/t22-/m1/s1. The number of alkyl carbamates (subject to hydrolysis) is 1. The van der Waals surface area contributed by atoms with Gasteiger partial charge in [0.1, 0.15) is 5.60 Å². The molecule has 0 spiro atoms. The second-order valence-electron chi connectivity index (χ2n) is 9.81. The number of carbonyl (C=O) groups excluding carboxylic acids is 2. The normalized spacial score (nSPS) is 15.9. The van der Waals surface area contributed by atoms with Crippen LogP contribution in [0, 0.1) is 11.7 Å². The molecule has 1 amide bonds. The molecule has 0 unspecified atom stereocenters. The van der Waals surface area contributed by atoms with Crippen LogP contribution in [0.4, 0.5) is 9.18 Å². The number of aromatic amines is 1. The molecule has 9 heteroatoms. The predicted molar refractivity (Wildman–Crippen MR) is 130 cm³/mol. The van der Waals surface area contributed by atoms with Crippen LogP contribution in [0.5, 0.6) is 0 Å². The largest absolute Gasteiger partial charge is 0.469 e. The number of halogens is 1. The van der Waals surface area contributed by atoms with E-state index in [0.29, 0.717) is 12.0 Å². The molecule has 0 radical (unpaired) electrons. The lowest BCUT2D eigenvalue weighted by Gasteiger charge is -2.32. The smallest absolute Gasteiger partial charge is 0.408 e. The van der Waals surface area contributed by atoms with E-state index in [9.17, 15) is 18.8 Å². The van der Waals surface area contributed by atoms with E-state index in [1.165, 1.54) is 19.4 Å². The van der Waals surface area contributed by atoms with E-state index in [4.69, 9.17) is 9.47 Å².